The molecular formula is C14H23NO. The molecule has 0 amide bonds. The number of hydrogen-bond donors (Lipinski definition) is 1. The van der Waals surface area contributed by atoms with Crippen molar-refractivity contribution in [3.05, 3.63) is 12.7 Å². The van der Waals surface area contributed by atoms with Crippen LogP contribution in [0.4, 0.5) is 0 Å². The van der Waals surface area contributed by atoms with Crippen molar-refractivity contribution in [2.45, 2.75) is 63.5 Å². The quantitative estimate of drug-likeness (QED) is 0.740. The molecule has 2 fully saturated rings. The zero-order chi connectivity index (χ0) is 11.4. The second-order valence-electron chi connectivity index (χ2n) is 5.24. The molecule has 1 aliphatic heterocycles. The van der Waals surface area contributed by atoms with Crippen molar-refractivity contribution in [2.24, 2.45) is 5.92 Å². The Morgan fingerprint density at radius 2 is 2.06 bits per heavy atom. The van der Waals surface area contributed by atoms with Gasteiger partial charge in [-0.1, -0.05) is 18.9 Å². The molecule has 90 valence electrons. The van der Waals surface area contributed by atoms with Gasteiger partial charge in [0.1, 0.15) is 5.78 Å². The van der Waals surface area contributed by atoms with E-state index >= 15 is 0 Å². The van der Waals surface area contributed by atoms with Crippen LogP contribution in [-0.4, -0.2) is 17.9 Å². The number of allylic oxidation sites excluding steroid dienone is 1. The fourth-order valence-corrected chi connectivity index (χ4v) is 3.17. The van der Waals surface area contributed by atoms with Crippen molar-refractivity contribution in [3.8, 4) is 0 Å². The second-order valence-corrected chi connectivity index (χ2v) is 5.24. The largest absolute Gasteiger partial charge is 0.304 e. The van der Waals surface area contributed by atoms with Gasteiger partial charge in [-0.25, -0.2) is 0 Å². The summed E-state index contributed by atoms with van der Waals surface area (Å²) in [5.41, 5.74) is 0. The topological polar surface area (TPSA) is 29.1 Å². The maximum Gasteiger partial charge on any atom is 0.150 e. The van der Waals surface area contributed by atoms with Crippen LogP contribution >= 0.6 is 0 Å². The normalized spacial score (nSPS) is 34.1. The summed E-state index contributed by atoms with van der Waals surface area (Å²) in [5.74, 6) is 1.24. The zero-order valence-corrected chi connectivity index (χ0v) is 10.1. The Labute approximate surface area is 98.5 Å². The predicted molar refractivity (Wildman–Crippen MR) is 66.3 cm³/mol. The lowest BCUT2D eigenvalue weighted by atomic mass is 9.77. The van der Waals surface area contributed by atoms with Crippen LogP contribution in [0.3, 0.4) is 0 Å². The van der Waals surface area contributed by atoms with E-state index in [0.29, 0.717) is 18.2 Å². The Bertz CT molecular complexity index is 261. The molecule has 1 heterocycles. The standard InChI is InChI=1S/C14H23NO/c1-2-3-8-14(16)13-10-9-11-6-4-5-7-12(11)15-13/h2,11-13,15H,1,3-10H2. The summed E-state index contributed by atoms with van der Waals surface area (Å²) in [4.78, 5) is 11.9. The summed E-state index contributed by atoms with van der Waals surface area (Å²) in [6, 6.07) is 0.763. The van der Waals surface area contributed by atoms with Gasteiger partial charge in [0.2, 0.25) is 0 Å². The minimum atomic E-state index is 0.138. The molecule has 16 heavy (non-hydrogen) atoms. The van der Waals surface area contributed by atoms with E-state index in [1.807, 2.05) is 6.08 Å². The van der Waals surface area contributed by atoms with E-state index in [9.17, 15) is 4.79 Å². The van der Waals surface area contributed by atoms with Crippen LogP contribution in [0.1, 0.15) is 51.4 Å². The maximum atomic E-state index is 11.9. The molecular weight excluding hydrogens is 198 g/mol. The summed E-state index contributed by atoms with van der Waals surface area (Å²) < 4.78 is 0. The van der Waals surface area contributed by atoms with E-state index in [4.69, 9.17) is 0 Å². The van der Waals surface area contributed by atoms with Crippen LogP contribution in [-0.2, 0) is 4.79 Å². The van der Waals surface area contributed by atoms with Gasteiger partial charge in [-0.2, -0.15) is 0 Å². The van der Waals surface area contributed by atoms with Gasteiger partial charge in [0.15, 0.2) is 0 Å². The average Bonchev–Trinajstić information content (AvgIpc) is 2.35. The molecule has 3 atom stereocenters. The van der Waals surface area contributed by atoms with E-state index in [-0.39, 0.29) is 6.04 Å². The third-order valence-corrected chi connectivity index (χ3v) is 4.13. The van der Waals surface area contributed by atoms with Gasteiger partial charge in [0, 0.05) is 12.5 Å². The summed E-state index contributed by atoms with van der Waals surface area (Å²) in [6.07, 6.45) is 11.0. The van der Waals surface area contributed by atoms with Gasteiger partial charge in [-0.3, -0.25) is 4.79 Å². The highest BCUT2D eigenvalue weighted by Crippen LogP contribution is 2.32. The van der Waals surface area contributed by atoms with E-state index < -0.39 is 0 Å². The van der Waals surface area contributed by atoms with Crippen molar-refractivity contribution in [1.29, 1.82) is 0 Å². The number of rotatable bonds is 4. The number of hydrogen-bond acceptors (Lipinski definition) is 2. The SMILES string of the molecule is C=CCCC(=O)C1CCC2CCCCC2N1. The number of fused-ring (bicyclic) bond motifs is 1. The van der Waals surface area contributed by atoms with Gasteiger partial charge < -0.3 is 5.32 Å². The van der Waals surface area contributed by atoms with Gasteiger partial charge in [0.25, 0.3) is 0 Å². The van der Waals surface area contributed by atoms with Crippen LogP contribution in [0.15, 0.2) is 12.7 Å². The maximum absolute atomic E-state index is 11.9. The lowest BCUT2D eigenvalue weighted by molar-refractivity contribution is -0.122. The number of ketones is 1. The molecule has 0 aromatic heterocycles. The minimum absolute atomic E-state index is 0.138. The second kappa shape index (κ2) is 5.62. The highest BCUT2D eigenvalue weighted by molar-refractivity contribution is 5.84. The number of carbonyl (C=O) groups is 1. The molecule has 0 bridgehead atoms. The van der Waals surface area contributed by atoms with Crippen LogP contribution in [0.2, 0.25) is 0 Å². The third kappa shape index (κ3) is 2.73. The molecule has 0 radical (unpaired) electrons. The summed E-state index contributed by atoms with van der Waals surface area (Å²) in [5, 5.41) is 3.58. The Balaban J connectivity index is 1.84. The van der Waals surface area contributed by atoms with Crippen LogP contribution < -0.4 is 5.32 Å². The monoisotopic (exact) mass is 221 g/mol. The summed E-state index contributed by atoms with van der Waals surface area (Å²) in [6.45, 7) is 3.67. The van der Waals surface area contributed by atoms with Crippen molar-refractivity contribution >= 4 is 5.78 Å². The Kier molecular flexibility index (Phi) is 4.16. The molecule has 0 aromatic carbocycles. The smallest absolute Gasteiger partial charge is 0.150 e. The first-order valence-corrected chi connectivity index (χ1v) is 6.71. The number of carbonyl (C=O) groups excluding carboxylic acids is 1. The van der Waals surface area contributed by atoms with E-state index in [1.165, 1.54) is 32.1 Å². The lowest BCUT2D eigenvalue weighted by Gasteiger charge is -2.40. The van der Waals surface area contributed by atoms with Crippen molar-refractivity contribution in [3.63, 3.8) is 0 Å². The predicted octanol–water partition coefficient (Wildman–Crippen LogP) is 2.83. The molecule has 1 N–H and O–H groups in total. The molecule has 2 rings (SSSR count). The molecule has 2 heteroatoms. The molecule has 3 unspecified atom stereocenters. The molecule has 1 saturated heterocycles. The Morgan fingerprint density at radius 3 is 2.88 bits per heavy atom. The minimum Gasteiger partial charge on any atom is -0.304 e. The van der Waals surface area contributed by atoms with Crippen molar-refractivity contribution in [2.75, 3.05) is 0 Å². The first-order valence-electron chi connectivity index (χ1n) is 6.71. The Morgan fingerprint density at radius 1 is 1.25 bits per heavy atom. The average molecular weight is 221 g/mol. The zero-order valence-electron chi connectivity index (χ0n) is 10.1. The molecule has 2 nitrogen and oxygen atoms in total. The molecule has 1 saturated carbocycles. The van der Waals surface area contributed by atoms with Gasteiger partial charge in [-0.05, 0) is 38.0 Å². The number of Topliss-reactive ketones (excluding diaryl/α,β-unsaturated/α-hetero) is 1. The Hall–Kier alpha value is -0.630. The van der Waals surface area contributed by atoms with Gasteiger partial charge in [0.05, 0.1) is 6.04 Å². The third-order valence-electron chi connectivity index (χ3n) is 4.13. The van der Waals surface area contributed by atoms with Crippen LogP contribution in [0.5, 0.6) is 0 Å². The van der Waals surface area contributed by atoms with Crippen molar-refractivity contribution < 1.29 is 4.79 Å². The van der Waals surface area contributed by atoms with E-state index in [1.54, 1.807) is 0 Å². The first kappa shape index (κ1) is 11.8. The summed E-state index contributed by atoms with van der Waals surface area (Å²) in [7, 11) is 0. The number of piperidine rings is 1. The fourth-order valence-electron chi connectivity index (χ4n) is 3.17. The van der Waals surface area contributed by atoms with Crippen LogP contribution in [0, 0.1) is 5.92 Å². The first-order chi connectivity index (χ1) is 7.81. The van der Waals surface area contributed by atoms with Gasteiger partial charge >= 0.3 is 0 Å². The highest BCUT2D eigenvalue weighted by Gasteiger charge is 2.33. The molecule has 0 aromatic rings. The molecule has 0 spiro atoms. The number of nitrogens with one attached hydrogen (secondary N) is 1. The lowest BCUT2D eigenvalue weighted by Crippen LogP contribution is -2.51. The molecule has 1 aliphatic carbocycles. The summed E-state index contributed by atoms with van der Waals surface area (Å²) >= 11 is 0. The van der Waals surface area contributed by atoms with E-state index in [0.717, 1.165) is 18.8 Å². The van der Waals surface area contributed by atoms with Gasteiger partial charge in [-0.15, -0.1) is 6.58 Å². The highest BCUT2D eigenvalue weighted by atomic mass is 16.1. The molecule has 2 aliphatic rings. The van der Waals surface area contributed by atoms with Crippen LogP contribution in [0.25, 0.3) is 0 Å². The van der Waals surface area contributed by atoms with Crippen molar-refractivity contribution in [1.82, 2.24) is 5.32 Å². The van der Waals surface area contributed by atoms with E-state index in [2.05, 4.69) is 11.9 Å². The fraction of sp³-hybridized carbons (Fsp3) is 0.786.